The van der Waals surface area contributed by atoms with Crippen LogP contribution in [-0.2, 0) is 11.4 Å². The summed E-state index contributed by atoms with van der Waals surface area (Å²) in [4.78, 5) is 5.42. The molecule has 0 bridgehead atoms. The van der Waals surface area contributed by atoms with E-state index in [-0.39, 0.29) is 0 Å². The molecule has 0 spiro atoms. The molecule has 2 aromatic rings. The first-order chi connectivity index (χ1) is 9.40. The van der Waals surface area contributed by atoms with Crippen molar-refractivity contribution in [2.45, 2.75) is 26.4 Å². The molecule has 0 heterocycles. The van der Waals surface area contributed by atoms with Gasteiger partial charge in [0, 0.05) is 6.54 Å². The van der Waals surface area contributed by atoms with E-state index in [0.717, 1.165) is 13.0 Å². The van der Waals surface area contributed by atoms with Crippen LogP contribution in [0, 0.1) is 0 Å². The summed E-state index contributed by atoms with van der Waals surface area (Å²) in [6.45, 7) is 3.70. The Morgan fingerprint density at radius 1 is 0.895 bits per heavy atom. The Bertz CT molecular complexity index is 464. The van der Waals surface area contributed by atoms with Gasteiger partial charge in [0.15, 0.2) is 0 Å². The van der Waals surface area contributed by atoms with Gasteiger partial charge in [0.05, 0.1) is 6.61 Å². The summed E-state index contributed by atoms with van der Waals surface area (Å²) >= 11 is 0. The second-order valence-corrected chi connectivity index (χ2v) is 4.60. The summed E-state index contributed by atoms with van der Waals surface area (Å²) in [6, 6.07) is 18.9. The summed E-state index contributed by atoms with van der Waals surface area (Å²) in [6.07, 6.45) is 2.33. The van der Waals surface area contributed by atoms with Gasteiger partial charge in [0.2, 0.25) is 0 Å². The van der Waals surface area contributed by atoms with E-state index in [1.165, 1.54) is 23.1 Å². The number of unbranched alkanes of at least 4 members (excludes halogenated alkanes) is 1. The molecule has 2 heteroatoms. The molecule has 0 radical (unpaired) electrons. The number of benzene rings is 2. The van der Waals surface area contributed by atoms with E-state index in [1.807, 2.05) is 6.07 Å². The van der Waals surface area contributed by atoms with E-state index >= 15 is 0 Å². The molecule has 2 nitrogen and oxygen atoms in total. The summed E-state index contributed by atoms with van der Waals surface area (Å²) in [5.74, 6) is 0. The maximum Gasteiger partial charge on any atom is 0.0933 e. The molecule has 0 fully saturated rings. The Kier molecular flexibility index (Phi) is 5.60. The first-order valence-electron chi connectivity index (χ1n) is 6.89. The van der Waals surface area contributed by atoms with Crippen LogP contribution in [0.15, 0.2) is 54.6 Å². The third kappa shape index (κ3) is 4.51. The Morgan fingerprint density at radius 3 is 2.26 bits per heavy atom. The Morgan fingerprint density at radius 2 is 1.58 bits per heavy atom. The van der Waals surface area contributed by atoms with Crippen LogP contribution in [0.2, 0.25) is 0 Å². The van der Waals surface area contributed by atoms with Crippen molar-refractivity contribution in [1.29, 1.82) is 0 Å². The molecule has 0 atom stereocenters. The van der Waals surface area contributed by atoms with Crippen LogP contribution in [0.4, 0.5) is 0 Å². The molecule has 0 saturated carbocycles. The molecular formula is C17H21NO. The Hall–Kier alpha value is -1.64. The third-order valence-corrected chi connectivity index (χ3v) is 3.03. The minimum absolute atomic E-state index is 0.610. The van der Waals surface area contributed by atoms with Crippen LogP contribution in [-0.4, -0.2) is 6.54 Å². The van der Waals surface area contributed by atoms with E-state index in [9.17, 15) is 0 Å². The van der Waals surface area contributed by atoms with Crippen molar-refractivity contribution in [3.63, 3.8) is 0 Å². The van der Waals surface area contributed by atoms with Gasteiger partial charge in [0.25, 0.3) is 0 Å². The van der Waals surface area contributed by atoms with Crippen LogP contribution in [0.3, 0.4) is 0 Å². The molecule has 0 aliphatic carbocycles. The highest BCUT2D eigenvalue weighted by Crippen LogP contribution is 2.19. The van der Waals surface area contributed by atoms with E-state index in [1.54, 1.807) is 0 Å². The zero-order chi connectivity index (χ0) is 13.3. The predicted octanol–water partition coefficient (Wildman–Crippen LogP) is 4.17. The molecule has 0 aromatic heterocycles. The number of hydroxylamine groups is 1. The van der Waals surface area contributed by atoms with Gasteiger partial charge in [-0.3, -0.25) is 4.84 Å². The van der Waals surface area contributed by atoms with E-state index in [2.05, 4.69) is 60.9 Å². The minimum Gasteiger partial charge on any atom is -0.297 e. The van der Waals surface area contributed by atoms with Gasteiger partial charge in [0.1, 0.15) is 0 Å². The third-order valence-electron chi connectivity index (χ3n) is 3.03. The summed E-state index contributed by atoms with van der Waals surface area (Å²) in [5, 5.41) is 0. The lowest BCUT2D eigenvalue weighted by molar-refractivity contribution is 0.0275. The molecule has 19 heavy (non-hydrogen) atoms. The highest BCUT2D eigenvalue weighted by Gasteiger charge is 1.97. The van der Waals surface area contributed by atoms with Gasteiger partial charge in [-0.15, -0.1) is 0 Å². The van der Waals surface area contributed by atoms with Crippen LogP contribution >= 0.6 is 0 Å². The van der Waals surface area contributed by atoms with E-state index < -0.39 is 0 Å². The summed E-state index contributed by atoms with van der Waals surface area (Å²) in [7, 11) is 0. The van der Waals surface area contributed by atoms with E-state index in [4.69, 9.17) is 4.84 Å². The predicted molar refractivity (Wildman–Crippen MR) is 79.6 cm³/mol. The number of hydrogen-bond donors (Lipinski definition) is 1. The zero-order valence-corrected chi connectivity index (χ0v) is 11.4. The van der Waals surface area contributed by atoms with Gasteiger partial charge in [-0.05, 0) is 23.1 Å². The lowest BCUT2D eigenvalue weighted by Gasteiger charge is -2.06. The lowest BCUT2D eigenvalue weighted by atomic mass is 10.0. The average molecular weight is 255 g/mol. The Balaban J connectivity index is 1.85. The molecule has 2 aromatic carbocycles. The molecule has 2 rings (SSSR count). The first-order valence-corrected chi connectivity index (χ1v) is 6.89. The molecule has 0 aliphatic heterocycles. The average Bonchev–Trinajstić information content (AvgIpc) is 2.49. The van der Waals surface area contributed by atoms with Crippen LogP contribution < -0.4 is 5.48 Å². The highest BCUT2D eigenvalue weighted by molar-refractivity contribution is 5.63. The van der Waals surface area contributed by atoms with Gasteiger partial charge in [-0.1, -0.05) is 67.9 Å². The van der Waals surface area contributed by atoms with Gasteiger partial charge in [-0.2, -0.15) is 0 Å². The lowest BCUT2D eigenvalue weighted by Crippen LogP contribution is -2.15. The first kappa shape index (κ1) is 13.8. The van der Waals surface area contributed by atoms with Crippen molar-refractivity contribution < 1.29 is 4.84 Å². The highest BCUT2D eigenvalue weighted by atomic mass is 16.6. The van der Waals surface area contributed by atoms with Gasteiger partial charge in [-0.25, -0.2) is 5.48 Å². The topological polar surface area (TPSA) is 21.3 Å². The van der Waals surface area contributed by atoms with Crippen molar-refractivity contribution in [1.82, 2.24) is 5.48 Å². The van der Waals surface area contributed by atoms with Crippen molar-refractivity contribution >= 4 is 0 Å². The molecule has 0 aliphatic rings. The fraction of sp³-hybridized carbons (Fsp3) is 0.294. The smallest absolute Gasteiger partial charge is 0.0933 e. The maximum atomic E-state index is 5.42. The molecule has 1 N–H and O–H groups in total. The minimum atomic E-state index is 0.610. The quantitative estimate of drug-likeness (QED) is 0.592. The SMILES string of the molecule is CCCCNOCc1ccc(-c2ccccc2)cc1. The van der Waals surface area contributed by atoms with E-state index in [0.29, 0.717) is 6.61 Å². The summed E-state index contributed by atoms with van der Waals surface area (Å²) < 4.78 is 0. The standard InChI is InChI=1S/C17H21NO/c1-2-3-13-18-19-14-15-9-11-17(12-10-15)16-7-5-4-6-8-16/h4-12,18H,2-3,13-14H2,1H3. The van der Waals surface area contributed by atoms with Crippen LogP contribution in [0.25, 0.3) is 11.1 Å². The van der Waals surface area contributed by atoms with Crippen molar-refractivity contribution in [2.75, 3.05) is 6.54 Å². The van der Waals surface area contributed by atoms with Gasteiger partial charge >= 0.3 is 0 Å². The molecule has 0 amide bonds. The number of nitrogens with one attached hydrogen (secondary N) is 1. The zero-order valence-electron chi connectivity index (χ0n) is 11.4. The second-order valence-electron chi connectivity index (χ2n) is 4.60. The van der Waals surface area contributed by atoms with Crippen molar-refractivity contribution in [3.8, 4) is 11.1 Å². The van der Waals surface area contributed by atoms with Crippen molar-refractivity contribution in [3.05, 3.63) is 60.2 Å². The molecule has 100 valence electrons. The fourth-order valence-electron chi connectivity index (χ4n) is 1.88. The monoisotopic (exact) mass is 255 g/mol. The number of hydrogen-bond acceptors (Lipinski definition) is 2. The molecular weight excluding hydrogens is 234 g/mol. The molecule has 0 saturated heterocycles. The van der Waals surface area contributed by atoms with Crippen LogP contribution in [0.5, 0.6) is 0 Å². The van der Waals surface area contributed by atoms with Gasteiger partial charge < -0.3 is 0 Å². The van der Waals surface area contributed by atoms with Crippen LogP contribution in [0.1, 0.15) is 25.3 Å². The second kappa shape index (κ2) is 7.72. The van der Waals surface area contributed by atoms with Crippen molar-refractivity contribution in [2.24, 2.45) is 0 Å². The summed E-state index contributed by atoms with van der Waals surface area (Å²) in [5.41, 5.74) is 6.65. The largest absolute Gasteiger partial charge is 0.297 e. The Labute approximate surface area is 115 Å². The molecule has 0 unspecified atom stereocenters. The number of rotatable bonds is 7. The maximum absolute atomic E-state index is 5.42. The normalized spacial score (nSPS) is 10.6. The fourth-order valence-corrected chi connectivity index (χ4v) is 1.88.